The molecule has 3 rings (SSSR count). The molecule has 0 aliphatic carbocycles. The van der Waals surface area contributed by atoms with Gasteiger partial charge in [0.2, 0.25) is 0 Å². The van der Waals surface area contributed by atoms with Crippen molar-refractivity contribution in [2.45, 2.75) is 6.18 Å². The number of amides is 1. The molecule has 0 unspecified atom stereocenters. The Hall–Kier alpha value is -2.32. The number of thioether (sulfide) groups is 1. The van der Waals surface area contributed by atoms with E-state index in [0.717, 1.165) is 23.9 Å². The maximum atomic E-state index is 13.7. The molecule has 1 aliphatic heterocycles. The average Bonchev–Trinajstić information content (AvgIpc) is 2.90. The van der Waals surface area contributed by atoms with Gasteiger partial charge in [0.1, 0.15) is 5.82 Å². The monoisotopic (exact) mass is 400 g/mol. The van der Waals surface area contributed by atoms with E-state index < -0.39 is 23.5 Å². The van der Waals surface area contributed by atoms with Crippen LogP contribution in [0.4, 0.5) is 23.2 Å². The zero-order chi connectivity index (χ0) is 18.9. The van der Waals surface area contributed by atoms with Gasteiger partial charge in [0, 0.05) is 10.6 Å². The first-order chi connectivity index (χ1) is 12.2. The smallest absolute Gasteiger partial charge is 0.300 e. The highest BCUT2D eigenvalue weighted by Gasteiger charge is 2.34. The van der Waals surface area contributed by atoms with Crippen LogP contribution in [0.25, 0.3) is 6.08 Å². The Morgan fingerprint density at radius 3 is 2.58 bits per heavy atom. The average molecular weight is 401 g/mol. The lowest BCUT2D eigenvalue weighted by Crippen LogP contribution is -2.19. The fraction of sp³-hybridized carbons (Fsp3) is 0.0588. The number of aliphatic imine (C=N–C) groups is 1. The lowest BCUT2D eigenvalue weighted by molar-refractivity contribution is -0.137. The summed E-state index contributed by atoms with van der Waals surface area (Å²) >= 11 is 6.45. The summed E-state index contributed by atoms with van der Waals surface area (Å²) in [6.07, 6.45) is -3.34. The third kappa shape index (κ3) is 4.08. The molecule has 0 saturated carbocycles. The molecule has 0 bridgehead atoms. The Balaban J connectivity index is 1.94. The zero-order valence-corrected chi connectivity index (χ0v) is 14.3. The minimum Gasteiger partial charge on any atom is -0.300 e. The molecule has 0 atom stereocenters. The van der Waals surface area contributed by atoms with E-state index in [1.165, 1.54) is 30.3 Å². The molecule has 1 N–H and O–H groups in total. The van der Waals surface area contributed by atoms with Crippen LogP contribution in [-0.2, 0) is 11.0 Å². The normalized spacial score (nSPS) is 17.8. The van der Waals surface area contributed by atoms with Gasteiger partial charge in [-0.25, -0.2) is 9.38 Å². The Morgan fingerprint density at radius 2 is 1.88 bits per heavy atom. The van der Waals surface area contributed by atoms with Crippen LogP contribution in [0.2, 0.25) is 5.02 Å². The molecule has 26 heavy (non-hydrogen) atoms. The van der Waals surface area contributed by atoms with Crippen LogP contribution < -0.4 is 5.32 Å². The molecule has 2 aromatic carbocycles. The van der Waals surface area contributed by atoms with Crippen molar-refractivity contribution >= 4 is 46.2 Å². The van der Waals surface area contributed by atoms with Crippen LogP contribution in [0.15, 0.2) is 52.4 Å². The summed E-state index contributed by atoms with van der Waals surface area (Å²) < 4.78 is 53.0. The minimum atomic E-state index is -4.65. The van der Waals surface area contributed by atoms with E-state index in [1.54, 1.807) is 6.07 Å². The molecule has 0 aromatic heterocycles. The van der Waals surface area contributed by atoms with Gasteiger partial charge in [-0.05, 0) is 42.1 Å². The molecule has 1 heterocycles. The zero-order valence-electron chi connectivity index (χ0n) is 12.8. The molecular formula is C17H9ClF4N2OS. The second-order valence-electron chi connectivity index (χ2n) is 5.16. The van der Waals surface area contributed by atoms with E-state index in [2.05, 4.69) is 10.3 Å². The van der Waals surface area contributed by atoms with E-state index in [4.69, 9.17) is 11.6 Å². The molecule has 3 nitrogen and oxygen atoms in total. The van der Waals surface area contributed by atoms with Crippen LogP contribution in [0.1, 0.15) is 11.1 Å². The minimum absolute atomic E-state index is 0.0367. The summed E-state index contributed by atoms with van der Waals surface area (Å²) in [4.78, 5) is 16.0. The van der Waals surface area contributed by atoms with Crippen molar-refractivity contribution in [2.75, 3.05) is 0 Å². The number of benzene rings is 2. The summed E-state index contributed by atoms with van der Waals surface area (Å²) in [5.74, 6) is -1.09. The van der Waals surface area contributed by atoms with Crippen molar-refractivity contribution in [2.24, 2.45) is 4.99 Å². The topological polar surface area (TPSA) is 41.5 Å². The van der Waals surface area contributed by atoms with E-state index in [-0.39, 0.29) is 26.3 Å². The summed E-state index contributed by atoms with van der Waals surface area (Å²) in [6, 6.07) is 8.97. The Bertz CT molecular complexity index is 941. The van der Waals surface area contributed by atoms with Gasteiger partial charge in [0.15, 0.2) is 5.17 Å². The summed E-state index contributed by atoms with van der Waals surface area (Å²) in [6.45, 7) is 0. The van der Waals surface area contributed by atoms with E-state index >= 15 is 0 Å². The number of hydrogen-bond donors (Lipinski definition) is 1. The first kappa shape index (κ1) is 18.5. The van der Waals surface area contributed by atoms with Crippen LogP contribution in [0.5, 0.6) is 0 Å². The second kappa shape index (κ2) is 7.13. The number of hydrogen-bond acceptors (Lipinski definition) is 3. The van der Waals surface area contributed by atoms with Gasteiger partial charge in [-0.1, -0.05) is 29.8 Å². The third-order valence-corrected chi connectivity index (χ3v) is 4.47. The number of carbonyl (C=O) groups excluding carboxylic acids is 1. The predicted octanol–water partition coefficient (Wildman–Crippen LogP) is 5.39. The molecular weight excluding hydrogens is 392 g/mol. The van der Waals surface area contributed by atoms with Gasteiger partial charge < -0.3 is 5.32 Å². The Kier molecular flexibility index (Phi) is 5.06. The number of alkyl halides is 3. The molecule has 134 valence electrons. The second-order valence-corrected chi connectivity index (χ2v) is 6.63. The molecule has 0 radical (unpaired) electrons. The van der Waals surface area contributed by atoms with Crippen molar-refractivity contribution in [1.29, 1.82) is 0 Å². The van der Waals surface area contributed by atoms with Crippen molar-refractivity contribution in [3.63, 3.8) is 0 Å². The molecule has 0 spiro atoms. The van der Waals surface area contributed by atoms with Gasteiger partial charge in [-0.2, -0.15) is 13.2 Å². The van der Waals surface area contributed by atoms with Crippen LogP contribution in [0.3, 0.4) is 0 Å². The van der Waals surface area contributed by atoms with E-state index in [1.807, 2.05) is 0 Å². The SMILES string of the molecule is O=C1NC(=Nc2ccc(Cl)cc2C(F)(F)F)SC1=Cc1ccccc1F. The number of rotatable bonds is 2. The molecule has 1 aliphatic rings. The Morgan fingerprint density at radius 1 is 1.15 bits per heavy atom. The standard InChI is InChI=1S/C17H9ClF4N2OS/c18-10-5-6-13(11(8-10)17(20,21)22)23-16-24-15(25)14(26-16)7-9-3-1-2-4-12(9)19/h1-8H,(H,23,24,25). The predicted molar refractivity (Wildman–Crippen MR) is 93.7 cm³/mol. The number of amidine groups is 1. The van der Waals surface area contributed by atoms with Gasteiger partial charge >= 0.3 is 6.18 Å². The maximum Gasteiger partial charge on any atom is 0.418 e. The first-order valence-corrected chi connectivity index (χ1v) is 8.34. The van der Waals surface area contributed by atoms with E-state index in [0.29, 0.717) is 0 Å². The maximum absolute atomic E-state index is 13.7. The molecule has 1 fully saturated rings. The van der Waals surface area contributed by atoms with Gasteiger partial charge in [0.05, 0.1) is 16.2 Å². The van der Waals surface area contributed by atoms with Gasteiger partial charge in [-0.3, -0.25) is 4.79 Å². The molecule has 1 saturated heterocycles. The fourth-order valence-corrected chi connectivity index (χ4v) is 3.15. The molecule has 9 heteroatoms. The van der Waals surface area contributed by atoms with Crippen LogP contribution >= 0.6 is 23.4 Å². The number of nitrogens with zero attached hydrogens (tertiary/aromatic N) is 1. The molecule has 1 amide bonds. The third-order valence-electron chi connectivity index (χ3n) is 3.33. The molecule has 2 aromatic rings. The van der Waals surface area contributed by atoms with Gasteiger partial charge in [-0.15, -0.1) is 0 Å². The lowest BCUT2D eigenvalue weighted by atomic mass is 10.2. The van der Waals surface area contributed by atoms with Crippen LogP contribution in [0, 0.1) is 5.82 Å². The number of carbonyl (C=O) groups is 1. The highest BCUT2D eigenvalue weighted by atomic mass is 35.5. The highest BCUT2D eigenvalue weighted by Crippen LogP contribution is 2.39. The lowest BCUT2D eigenvalue weighted by Gasteiger charge is -2.10. The quantitative estimate of drug-likeness (QED) is 0.542. The van der Waals surface area contributed by atoms with Crippen molar-refractivity contribution in [3.8, 4) is 0 Å². The largest absolute Gasteiger partial charge is 0.418 e. The van der Waals surface area contributed by atoms with Crippen LogP contribution in [-0.4, -0.2) is 11.1 Å². The first-order valence-electron chi connectivity index (χ1n) is 7.15. The highest BCUT2D eigenvalue weighted by molar-refractivity contribution is 8.18. The Labute approximate surface area is 154 Å². The van der Waals surface area contributed by atoms with Crippen molar-refractivity contribution in [1.82, 2.24) is 5.32 Å². The number of halogens is 5. The number of nitrogens with one attached hydrogen (secondary N) is 1. The summed E-state index contributed by atoms with van der Waals surface area (Å²) in [5.41, 5.74) is -1.20. The van der Waals surface area contributed by atoms with Crippen molar-refractivity contribution < 1.29 is 22.4 Å². The summed E-state index contributed by atoms with van der Waals surface area (Å²) in [5, 5.41) is 2.25. The van der Waals surface area contributed by atoms with Gasteiger partial charge in [0.25, 0.3) is 5.91 Å². The summed E-state index contributed by atoms with van der Waals surface area (Å²) in [7, 11) is 0. The fourth-order valence-electron chi connectivity index (χ4n) is 2.16. The van der Waals surface area contributed by atoms with E-state index in [9.17, 15) is 22.4 Å². The van der Waals surface area contributed by atoms with Crippen molar-refractivity contribution in [3.05, 3.63) is 69.3 Å².